The van der Waals surface area contributed by atoms with Gasteiger partial charge in [0.05, 0.1) is 5.75 Å². The third-order valence-corrected chi connectivity index (χ3v) is 3.09. The number of Topliss-reactive ketones (excluding diaryl/α,β-unsaturated/α-hetero) is 1. The molecule has 0 radical (unpaired) electrons. The molecule has 1 aromatic heterocycles. The third-order valence-electron chi connectivity index (χ3n) is 2.08. The summed E-state index contributed by atoms with van der Waals surface area (Å²) in [6.45, 7) is 0. The summed E-state index contributed by atoms with van der Waals surface area (Å²) in [5.74, 6) is -0.218. The van der Waals surface area contributed by atoms with Crippen LogP contribution in [0.2, 0.25) is 0 Å². The fraction of sp³-hybridized carbons (Fsp3) is 0.200. The molecule has 0 saturated heterocycles. The van der Waals surface area contributed by atoms with Gasteiger partial charge in [0.15, 0.2) is 5.78 Å². The van der Waals surface area contributed by atoms with E-state index in [0.29, 0.717) is 10.7 Å². The largest absolute Gasteiger partial charge is 0.293 e. The van der Waals surface area contributed by atoms with E-state index in [0.717, 1.165) is 0 Å². The van der Waals surface area contributed by atoms with E-state index in [9.17, 15) is 9.18 Å². The Kier molecular flexibility index (Phi) is 3.48. The highest BCUT2D eigenvalue weighted by molar-refractivity contribution is 7.99. The first-order chi connectivity index (χ1) is 8.16. The molecule has 1 aromatic carbocycles. The average molecular weight is 252 g/mol. The van der Waals surface area contributed by atoms with Gasteiger partial charge in [-0.1, -0.05) is 11.8 Å². The predicted molar refractivity (Wildman–Crippen MR) is 60.3 cm³/mol. The summed E-state index contributed by atoms with van der Waals surface area (Å²) in [5.41, 5.74) is 0.481. The van der Waals surface area contributed by atoms with Gasteiger partial charge in [-0.05, 0) is 34.7 Å². The van der Waals surface area contributed by atoms with Gasteiger partial charge in [-0.25, -0.2) is 9.07 Å². The molecule has 2 rings (SSSR count). The number of benzene rings is 1. The first-order valence-electron chi connectivity index (χ1n) is 4.81. The Hall–Kier alpha value is -1.76. The average Bonchev–Trinajstić information content (AvgIpc) is 2.73. The Labute approximate surface area is 101 Å². The van der Waals surface area contributed by atoms with Crippen LogP contribution in [0.25, 0.3) is 0 Å². The van der Waals surface area contributed by atoms with Crippen molar-refractivity contribution in [3.63, 3.8) is 0 Å². The number of aryl methyl sites for hydroxylation is 1. The Balaban J connectivity index is 1.98. The lowest BCUT2D eigenvalue weighted by atomic mass is 10.1. The first kappa shape index (κ1) is 11.7. The summed E-state index contributed by atoms with van der Waals surface area (Å²) >= 11 is 1.24. The topological polar surface area (TPSA) is 60.7 Å². The third kappa shape index (κ3) is 2.88. The van der Waals surface area contributed by atoms with Crippen molar-refractivity contribution in [3.05, 3.63) is 35.6 Å². The molecule has 88 valence electrons. The van der Waals surface area contributed by atoms with Gasteiger partial charge in [-0.3, -0.25) is 4.79 Å². The molecule has 0 aliphatic carbocycles. The zero-order valence-corrected chi connectivity index (χ0v) is 9.82. The van der Waals surface area contributed by atoms with E-state index in [-0.39, 0.29) is 17.4 Å². The van der Waals surface area contributed by atoms with Crippen molar-refractivity contribution in [1.29, 1.82) is 0 Å². The van der Waals surface area contributed by atoms with Crippen molar-refractivity contribution in [2.24, 2.45) is 7.05 Å². The zero-order valence-electron chi connectivity index (χ0n) is 9.00. The standard InChI is InChI=1S/C10H9FN4OS/c1-15-10(12-13-14-15)17-6-9(16)7-2-4-8(11)5-3-7/h2-5H,6H2,1H3. The second-order valence-electron chi connectivity index (χ2n) is 3.30. The Morgan fingerprint density at radius 2 is 2.12 bits per heavy atom. The van der Waals surface area contributed by atoms with Crippen molar-refractivity contribution in [2.75, 3.05) is 5.75 Å². The Morgan fingerprint density at radius 1 is 1.41 bits per heavy atom. The van der Waals surface area contributed by atoms with Crippen LogP contribution >= 0.6 is 11.8 Å². The highest BCUT2D eigenvalue weighted by Gasteiger charge is 2.09. The molecule has 0 saturated carbocycles. The number of halogens is 1. The minimum Gasteiger partial charge on any atom is -0.293 e. The van der Waals surface area contributed by atoms with Crippen LogP contribution in [0.15, 0.2) is 29.4 Å². The van der Waals surface area contributed by atoms with Crippen molar-refractivity contribution in [3.8, 4) is 0 Å². The molecule has 0 aliphatic heterocycles. The molecule has 5 nitrogen and oxygen atoms in total. The molecular formula is C10H9FN4OS. The normalized spacial score (nSPS) is 10.5. The van der Waals surface area contributed by atoms with E-state index in [2.05, 4.69) is 15.5 Å². The molecule has 0 aliphatic rings. The van der Waals surface area contributed by atoms with Crippen molar-refractivity contribution in [2.45, 2.75) is 5.16 Å². The monoisotopic (exact) mass is 252 g/mol. The fourth-order valence-electron chi connectivity index (χ4n) is 1.19. The minimum atomic E-state index is -0.355. The molecule has 7 heteroatoms. The van der Waals surface area contributed by atoms with E-state index < -0.39 is 0 Å². The summed E-state index contributed by atoms with van der Waals surface area (Å²) in [5, 5.41) is 11.4. The summed E-state index contributed by atoms with van der Waals surface area (Å²) in [7, 11) is 1.70. The molecule has 0 atom stereocenters. The second kappa shape index (κ2) is 5.05. The summed E-state index contributed by atoms with van der Waals surface area (Å²) in [6, 6.07) is 5.46. The maximum atomic E-state index is 12.7. The summed E-state index contributed by atoms with van der Waals surface area (Å²) in [6.07, 6.45) is 0. The molecule has 17 heavy (non-hydrogen) atoms. The molecule has 0 fully saturated rings. The zero-order chi connectivity index (χ0) is 12.3. The second-order valence-corrected chi connectivity index (χ2v) is 4.25. The van der Waals surface area contributed by atoms with Gasteiger partial charge < -0.3 is 0 Å². The molecule has 0 spiro atoms. The van der Waals surface area contributed by atoms with Gasteiger partial charge in [-0.15, -0.1) is 5.10 Å². The highest BCUT2D eigenvalue weighted by Crippen LogP contribution is 2.15. The van der Waals surface area contributed by atoms with E-state index in [1.54, 1.807) is 7.05 Å². The number of hydrogen-bond acceptors (Lipinski definition) is 5. The van der Waals surface area contributed by atoms with Crippen molar-refractivity contribution < 1.29 is 9.18 Å². The van der Waals surface area contributed by atoms with Crippen LogP contribution in [0.1, 0.15) is 10.4 Å². The van der Waals surface area contributed by atoms with Gasteiger partial charge in [0.1, 0.15) is 5.82 Å². The van der Waals surface area contributed by atoms with Gasteiger partial charge in [-0.2, -0.15) is 0 Å². The van der Waals surface area contributed by atoms with Gasteiger partial charge in [0.2, 0.25) is 5.16 Å². The number of rotatable bonds is 4. The van der Waals surface area contributed by atoms with Crippen LogP contribution in [0, 0.1) is 5.82 Å². The SMILES string of the molecule is Cn1nnnc1SCC(=O)c1ccc(F)cc1. The van der Waals surface area contributed by atoms with Gasteiger partial charge >= 0.3 is 0 Å². The fourth-order valence-corrected chi connectivity index (χ4v) is 1.94. The molecule has 0 amide bonds. The van der Waals surface area contributed by atoms with Crippen LogP contribution < -0.4 is 0 Å². The quantitative estimate of drug-likeness (QED) is 0.606. The number of ketones is 1. The summed E-state index contributed by atoms with van der Waals surface area (Å²) in [4.78, 5) is 11.7. The smallest absolute Gasteiger partial charge is 0.209 e. The molecule has 0 bridgehead atoms. The minimum absolute atomic E-state index is 0.0852. The van der Waals surface area contributed by atoms with E-state index in [1.807, 2.05) is 0 Å². The lowest BCUT2D eigenvalue weighted by Crippen LogP contribution is -2.04. The number of hydrogen-bond donors (Lipinski definition) is 0. The van der Waals surface area contributed by atoms with Crippen molar-refractivity contribution >= 4 is 17.5 Å². The lowest BCUT2D eigenvalue weighted by Gasteiger charge is -2.00. The van der Waals surface area contributed by atoms with E-state index in [1.165, 1.54) is 40.7 Å². The van der Waals surface area contributed by atoms with E-state index >= 15 is 0 Å². The number of carbonyl (C=O) groups excluding carboxylic acids is 1. The van der Waals surface area contributed by atoms with Gasteiger partial charge in [0.25, 0.3) is 0 Å². The van der Waals surface area contributed by atoms with Crippen LogP contribution in [-0.2, 0) is 7.05 Å². The van der Waals surface area contributed by atoms with Crippen LogP contribution in [0.4, 0.5) is 4.39 Å². The van der Waals surface area contributed by atoms with Gasteiger partial charge in [0, 0.05) is 12.6 Å². The number of nitrogens with zero attached hydrogens (tertiary/aromatic N) is 4. The highest BCUT2D eigenvalue weighted by atomic mass is 32.2. The molecular weight excluding hydrogens is 243 g/mol. The first-order valence-corrected chi connectivity index (χ1v) is 5.79. The Bertz CT molecular complexity index is 525. The molecule has 0 unspecified atom stereocenters. The maximum Gasteiger partial charge on any atom is 0.209 e. The molecule has 0 N–H and O–H groups in total. The molecule has 2 aromatic rings. The summed E-state index contributed by atoms with van der Waals surface area (Å²) < 4.78 is 14.2. The molecule has 1 heterocycles. The number of tetrazole rings is 1. The number of aromatic nitrogens is 4. The number of carbonyl (C=O) groups is 1. The number of thioether (sulfide) groups is 1. The maximum absolute atomic E-state index is 12.7. The predicted octanol–water partition coefficient (Wildman–Crippen LogP) is 1.32. The van der Waals surface area contributed by atoms with Crippen LogP contribution in [0.3, 0.4) is 0 Å². The Morgan fingerprint density at radius 3 is 2.71 bits per heavy atom. The van der Waals surface area contributed by atoms with Crippen LogP contribution in [-0.4, -0.2) is 31.7 Å². The van der Waals surface area contributed by atoms with Crippen molar-refractivity contribution in [1.82, 2.24) is 20.2 Å². The van der Waals surface area contributed by atoms with Crippen LogP contribution in [0.5, 0.6) is 0 Å². The van der Waals surface area contributed by atoms with E-state index in [4.69, 9.17) is 0 Å². The lowest BCUT2D eigenvalue weighted by molar-refractivity contribution is 0.102.